The smallest absolute Gasteiger partial charge is 0.406 e. The standard InChI is InChI=1S/C11H11F3N2O2S.ClH/c12-11(13,14)18-8-3-1-2-7(4-8)16-10(17)9-5-19-6-15-9;/h1-4,9,15H,5-6H2,(H,16,17);1H. The maximum absolute atomic E-state index is 12.1. The quantitative estimate of drug-likeness (QED) is 0.895. The molecule has 1 aliphatic rings. The molecule has 1 heterocycles. The summed E-state index contributed by atoms with van der Waals surface area (Å²) in [5.41, 5.74) is 0.269. The Morgan fingerprint density at radius 1 is 1.45 bits per heavy atom. The van der Waals surface area contributed by atoms with E-state index in [2.05, 4.69) is 15.4 Å². The van der Waals surface area contributed by atoms with Gasteiger partial charge < -0.3 is 10.1 Å². The second-order valence-electron chi connectivity index (χ2n) is 3.84. The summed E-state index contributed by atoms with van der Waals surface area (Å²) in [5, 5.41) is 5.52. The number of anilines is 1. The minimum atomic E-state index is -4.74. The maximum Gasteiger partial charge on any atom is 0.573 e. The Hall–Kier alpha value is -1.12. The first-order chi connectivity index (χ1) is 8.94. The van der Waals surface area contributed by atoms with Crippen LogP contribution in [0.5, 0.6) is 5.75 Å². The van der Waals surface area contributed by atoms with E-state index in [9.17, 15) is 18.0 Å². The molecule has 0 aliphatic carbocycles. The third-order valence-electron chi connectivity index (χ3n) is 2.37. The van der Waals surface area contributed by atoms with Gasteiger partial charge in [-0.25, -0.2) is 0 Å². The summed E-state index contributed by atoms with van der Waals surface area (Å²) < 4.78 is 40.0. The predicted octanol–water partition coefficient (Wildman–Crippen LogP) is 2.61. The number of carbonyl (C=O) groups excluding carboxylic acids is 1. The van der Waals surface area contributed by atoms with Gasteiger partial charge in [-0.2, -0.15) is 0 Å². The van der Waals surface area contributed by atoms with E-state index in [-0.39, 0.29) is 35.8 Å². The average molecular weight is 329 g/mol. The number of halogens is 4. The number of carbonyl (C=O) groups is 1. The Kier molecular flexibility index (Phi) is 5.97. The molecule has 2 rings (SSSR count). The van der Waals surface area contributed by atoms with Gasteiger partial charge >= 0.3 is 6.36 Å². The van der Waals surface area contributed by atoms with Crippen molar-refractivity contribution in [3.8, 4) is 5.75 Å². The van der Waals surface area contributed by atoms with Crippen LogP contribution < -0.4 is 15.4 Å². The summed E-state index contributed by atoms with van der Waals surface area (Å²) in [6, 6.07) is 4.87. The van der Waals surface area contributed by atoms with Gasteiger partial charge in [0.05, 0.1) is 6.04 Å². The molecule has 1 aromatic rings. The molecular weight excluding hydrogens is 317 g/mol. The molecule has 1 atom stereocenters. The number of hydrogen-bond acceptors (Lipinski definition) is 4. The van der Waals surface area contributed by atoms with E-state index in [4.69, 9.17) is 0 Å². The first-order valence-corrected chi connectivity index (χ1v) is 6.57. The highest BCUT2D eigenvalue weighted by Crippen LogP contribution is 2.25. The van der Waals surface area contributed by atoms with E-state index in [0.717, 1.165) is 6.07 Å². The Labute approximate surface area is 123 Å². The van der Waals surface area contributed by atoms with E-state index in [1.807, 2.05) is 0 Å². The van der Waals surface area contributed by atoms with Crippen LogP contribution in [-0.2, 0) is 4.79 Å². The highest BCUT2D eigenvalue weighted by molar-refractivity contribution is 7.99. The summed E-state index contributed by atoms with van der Waals surface area (Å²) in [7, 11) is 0. The SMILES string of the molecule is Cl.O=C(Nc1cccc(OC(F)(F)F)c1)C1CSCN1. The Bertz CT molecular complexity index is 467. The van der Waals surface area contributed by atoms with Crippen molar-refractivity contribution in [2.75, 3.05) is 16.9 Å². The van der Waals surface area contributed by atoms with Crippen LogP contribution in [0.1, 0.15) is 0 Å². The Morgan fingerprint density at radius 3 is 2.80 bits per heavy atom. The molecule has 0 radical (unpaired) electrons. The second-order valence-corrected chi connectivity index (χ2v) is 4.87. The van der Waals surface area contributed by atoms with E-state index >= 15 is 0 Å². The molecule has 0 spiro atoms. The number of nitrogens with one attached hydrogen (secondary N) is 2. The van der Waals surface area contributed by atoms with Crippen molar-refractivity contribution < 1.29 is 22.7 Å². The lowest BCUT2D eigenvalue weighted by Crippen LogP contribution is -2.37. The number of rotatable bonds is 3. The van der Waals surface area contributed by atoms with Gasteiger partial charge in [-0.3, -0.25) is 10.1 Å². The molecule has 4 nitrogen and oxygen atoms in total. The van der Waals surface area contributed by atoms with Crippen molar-refractivity contribution in [3.05, 3.63) is 24.3 Å². The Morgan fingerprint density at radius 2 is 2.20 bits per heavy atom. The summed E-state index contributed by atoms with van der Waals surface area (Å²) in [5.74, 6) is 0.702. The molecule has 1 saturated heterocycles. The fourth-order valence-electron chi connectivity index (χ4n) is 1.56. The minimum Gasteiger partial charge on any atom is -0.406 e. The van der Waals surface area contributed by atoms with Crippen molar-refractivity contribution in [2.45, 2.75) is 12.4 Å². The van der Waals surface area contributed by atoms with Gasteiger partial charge in [0, 0.05) is 23.4 Å². The average Bonchev–Trinajstić information content (AvgIpc) is 2.80. The van der Waals surface area contributed by atoms with Crippen LogP contribution >= 0.6 is 24.2 Å². The van der Waals surface area contributed by atoms with Crippen LogP contribution in [0.2, 0.25) is 0 Å². The third kappa shape index (κ3) is 5.10. The molecule has 1 fully saturated rings. The lowest BCUT2D eigenvalue weighted by atomic mass is 10.2. The summed E-state index contributed by atoms with van der Waals surface area (Å²) in [6.07, 6.45) is -4.74. The lowest BCUT2D eigenvalue weighted by molar-refractivity contribution is -0.274. The molecule has 20 heavy (non-hydrogen) atoms. The van der Waals surface area contributed by atoms with Crippen LogP contribution in [-0.4, -0.2) is 29.9 Å². The summed E-state index contributed by atoms with van der Waals surface area (Å²) in [6.45, 7) is 0. The zero-order valence-corrected chi connectivity index (χ0v) is 11.7. The van der Waals surface area contributed by atoms with Crippen molar-refractivity contribution in [2.24, 2.45) is 0 Å². The number of ether oxygens (including phenoxy) is 1. The molecule has 2 N–H and O–H groups in total. The van der Waals surface area contributed by atoms with E-state index in [1.165, 1.54) is 18.2 Å². The van der Waals surface area contributed by atoms with Gasteiger partial charge in [0.1, 0.15) is 5.75 Å². The molecule has 112 valence electrons. The summed E-state index contributed by atoms with van der Waals surface area (Å²) in [4.78, 5) is 11.8. The largest absolute Gasteiger partial charge is 0.573 e. The van der Waals surface area contributed by atoms with Gasteiger partial charge in [-0.05, 0) is 12.1 Å². The first kappa shape index (κ1) is 16.9. The number of benzene rings is 1. The Balaban J connectivity index is 0.00000200. The molecule has 0 aromatic heterocycles. The molecule has 1 aliphatic heterocycles. The molecule has 1 aromatic carbocycles. The highest BCUT2D eigenvalue weighted by atomic mass is 35.5. The van der Waals surface area contributed by atoms with Gasteiger partial charge in [-0.15, -0.1) is 37.3 Å². The van der Waals surface area contributed by atoms with Crippen LogP contribution in [0.4, 0.5) is 18.9 Å². The fraction of sp³-hybridized carbons (Fsp3) is 0.364. The van der Waals surface area contributed by atoms with Crippen molar-refractivity contribution in [1.29, 1.82) is 0 Å². The molecule has 1 amide bonds. The van der Waals surface area contributed by atoms with E-state index in [0.29, 0.717) is 11.6 Å². The van der Waals surface area contributed by atoms with Crippen LogP contribution in [0.3, 0.4) is 0 Å². The van der Waals surface area contributed by atoms with Crippen molar-refractivity contribution in [3.63, 3.8) is 0 Å². The normalized spacial score (nSPS) is 18.2. The van der Waals surface area contributed by atoms with E-state index < -0.39 is 6.36 Å². The lowest BCUT2D eigenvalue weighted by Gasteiger charge is -2.12. The van der Waals surface area contributed by atoms with Gasteiger partial charge in [0.15, 0.2) is 0 Å². The zero-order valence-electron chi connectivity index (χ0n) is 10.1. The molecular formula is C11H12ClF3N2O2S. The van der Waals surface area contributed by atoms with Crippen LogP contribution in [0.25, 0.3) is 0 Å². The molecule has 0 bridgehead atoms. The van der Waals surface area contributed by atoms with Crippen LogP contribution in [0, 0.1) is 0 Å². The number of hydrogen-bond donors (Lipinski definition) is 2. The predicted molar refractivity (Wildman–Crippen MR) is 73.3 cm³/mol. The maximum atomic E-state index is 12.1. The highest BCUT2D eigenvalue weighted by Gasteiger charge is 2.31. The van der Waals surface area contributed by atoms with Crippen molar-refractivity contribution >= 4 is 35.8 Å². The molecule has 1 unspecified atom stereocenters. The topological polar surface area (TPSA) is 50.4 Å². The van der Waals surface area contributed by atoms with Crippen molar-refractivity contribution in [1.82, 2.24) is 5.32 Å². The number of thioether (sulfide) groups is 1. The molecule has 0 saturated carbocycles. The zero-order chi connectivity index (χ0) is 13.9. The first-order valence-electron chi connectivity index (χ1n) is 5.42. The van der Waals surface area contributed by atoms with Gasteiger partial charge in [0.25, 0.3) is 0 Å². The van der Waals surface area contributed by atoms with E-state index in [1.54, 1.807) is 11.8 Å². The number of alkyl halides is 3. The second kappa shape index (κ2) is 7.05. The monoisotopic (exact) mass is 328 g/mol. The summed E-state index contributed by atoms with van der Waals surface area (Å²) >= 11 is 1.59. The minimum absolute atomic E-state index is 0. The number of amides is 1. The fourth-order valence-corrected chi connectivity index (χ4v) is 2.51. The third-order valence-corrected chi connectivity index (χ3v) is 3.31. The van der Waals surface area contributed by atoms with Gasteiger partial charge in [-0.1, -0.05) is 6.07 Å². The molecule has 9 heteroatoms. The van der Waals surface area contributed by atoms with Gasteiger partial charge in [0.2, 0.25) is 5.91 Å². The van der Waals surface area contributed by atoms with Crippen LogP contribution in [0.15, 0.2) is 24.3 Å².